The van der Waals surface area contributed by atoms with Crippen molar-refractivity contribution in [2.45, 2.75) is 33.6 Å². The van der Waals surface area contributed by atoms with Gasteiger partial charge in [0.1, 0.15) is 5.75 Å². The molecule has 0 atom stereocenters. The minimum Gasteiger partial charge on any atom is -0.493 e. The van der Waals surface area contributed by atoms with Crippen molar-refractivity contribution < 1.29 is 4.74 Å². The highest BCUT2D eigenvalue weighted by Crippen LogP contribution is 2.18. The third kappa shape index (κ3) is 5.73. The van der Waals surface area contributed by atoms with Crippen molar-refractivity contribution in [1.82, 2.24) is 0 Å². The quantitative estimate of drug-likeness (QED) is 0.759. The van der Waals surface area contributed by atoms with E-state index in [0.29, 0.717) is 12.5 Å². The first-order valence-corrected chi connectivity index (χ1v) is 6.21. The van der Waals surface area contributed by atoms with Crippen LogP contribution < -0.4 is 4.74 Å². The molecule has 0 amide bonds. The summed E-state index contributed by atoms with van der Waals surface area (Å²) in [5.41, 5.74) is 1.35. The van der Waals surface area contributed by atoms with Crippen LogP contribution in [0.4, 0.5) is 0 Å². The van der Waals surface area contributed by atoms with Gasteiger partial charge in [-0.2, -0.15) is 12.6 Å². The summed E-state index contributed by atoms with van der Waals surface area (Å²) >= 11 is 4.08. The lowest BCUT2D eigenvalue weighted by Gasteiger charge is -2.07. The van der Waals surface area contributed by atoms with Crippen LogP contribution in [0.15, 0.2) is 24.3 Å². The third-order valence-electron chi connectivity index (χ3n) is 1.91. The van der Waals surface area contributed by atoms with E-state index in [1.165, 1.54) is 5.56 Å². The molecule has 0 fully saturated rings. The first-order valence-electron chi connectivity index (χ1n) is 5.57. The van der Waals surface area contributed by atoms with Gasteiger partial charge in [0, 0.05) is 5.75 Å². The summed E-state index contributed by atoms with van der Waals surface area (Å²) in [5.74, 6) is 2.27. The van der Waals surface area contributed by atoms with Crippen LogP contribution in [0.3, 0.4) is 0 Å². The van der Waals surface area contributed by atoms with E-state index in [1.807, 2.05) is 26.0 Å². The molecule has 86 valence electrons. The van der Waals surface area contributed by atoms with Crippen molar-refractivity contribution in [2.24, 2.45) is 0 Å². The Balaban J connectivity index is 0.000000921. The fourth-order valence-electron chi connectivity index (χ4n) is 1.11. The highest BCUT2D eigenvalue weighted by Gasteiger charge is 1.98. The van der Waals surface area contributed by atoms with Crippen LogP contribution in [0, 0.1) is 0 Å². The maximum Gasteiger partial charge on any atom is 0.119 e. The molecule has 1 aromatic carbocycles. The largest absolute Gasteiger partial charge is 0.493 e. The molecule has 0 spiro atoms. The molecule has 0 bridgehead atoms. The average molecular weight is 226 g/mol. The molecule has 0 N–H and O–H groups in total. The van der Waals surface area contributed by atoms with Crippen molar-refractivity contribution in [3.05, 3.63) is 29.8 Å². The molecule has 2 heteroatoms. The third-order valence-corrected chi connectivity index (χ3v) is 2.09. The Hall–Kier alpha value is -0.630. The Morgan fingerprint density at radius 2 is 1.67 bits per heavy atom. The summed E-state index contributed by atoms with van der Waals surface area (Å²) < 4.78 is 5.41. The highest BCUT2D eigenvalue weighted by molar-refractivity contribution is 7.80. The Morgan fingerprint density at radius 3 is 2.07 bits per heavy atom. The number of ether oxygens (including phenoxy) is 1. The standard InChI is InChI=1S/C11H16OS.C2H6/c1-9(2)10-3-5-11(6-4-10)12-7-8-13;1-2/h3-6,9,13H,7-8H2,1-2H3;1-2H3. The molecule has 1 nitrogen and oxygen atoms in total. The fourth-order valence-corrected chi connectivity index (χ4v) is 1.20. The number of benzene rings is 1. The minimum absolute atomic E-state index is 0.582. The van der Waals surface area contributed by atoms with Crippen LogP contribution in [-0.2, 0) is 0 Å². The summed E-state index contributed by atoms with van der Waals surface area (Å²) in [5, 5.41) is 0. The van der Waals surface area contributed by atoms with Crippen LogP contribution in [-0.4, -0.2) is 12.4 Å². The van der Waals surface area contributed by atoms with E-state index in [-0.39, 0.29) is 0 Å². The molecule has 0 aliphatic carbocycles. The Bertz CT molecular complexity index is 241. The van der Waals surface area contributed by atoms with Gasteiger partial charge in [-0.1, -0.05) is 39.8 Å². The molecule has 0 heterocycles. The fraction of sp³-hybridized carbons (Fsp3) is 0.538. The van der Waals surface area contributed by atoms with Gasteiger partial charge in [0.2, 0.25) is 0 Å². The van der Waals surface area contributed by atoms with Crippen molar-refractivity contribution >= 4 is 12.6 Å². The van der Waals surface area contributed by atoms with Crippen molar-refractivity contribution in [3.63, 3.8) is 0 Å². The molecule has 0 saturated carbocycles. The van der Waals surface area contributed by atoms with Crippen LogP contribution in [0.1, 0.15) is 39.2 Å². The first-order chi connectivity index (χ1) is 7.24. The zero-order chi connectivity index (χ0) is 11.7. The SMILES string of the molecule is CC.CC(C)c1ccc(OCCS)cc1. The van der Waals surface area contributed by atoms with Gasteiger partial charge in [-0.3, -0.25) is 0 Å². The average Bonchev–Trinajstić information content (AvgIpc) is 2.29. The van der Waals surface area contributed by atoms with Gasteiger partial charge in [-0.15, -0.1) is 0 Å². The van der Waals surface area contributed by atoms with E-state index in [2.05, 4.69) is 38.6 Å². The lowest BCUT2D eigenvalue weighted by atomic mass is 10.0. The predicted octanol–water partition coefficient (Wildman–Crippen LogP) is 4.14. The first kappa shape index (κ1) is 14.4. The highest BCUT2D eigenvalue weighted by atomic mass is 32.1. The van der Waals surface area contributed by atoms with Gasteiger partial charge in [-0.25, -0.2) is 0 Å². The maximum absolute atomic E-state index is 5.41. The molecule has 1 rings (SSSR count). The number of rotatable bonds is 4. The van der Waals surface area contributed by atoms with E-state index in [0.717, 1.165) is 11.5 Å². The maximum atomic E-state index is 5.41. The Labute approximate surface area is 99.3 Å². The zero-order valence-electron chi connectivity index (χ0n) is 10.2. The molecule has 0 aliphatic rings. The predicted molar refractivity (Wildman–Crippen MR) is 71.2 cm³/mol. The molecule has 15 heavy (non-hydrogen) atoms. The summed E-state index contributed by atoms with van der Waals surface area (Å²) in [6.45, 7) is 9.04. The normalized spacial score (nSPS) is 9.47. The molecule has 0 radical (unpaired) electrons. The molecule has 1 aromatic rings. The molecule has 0 unspecified atom stereocenters. The topological polar surface area (TPSA) is 9.23 Å². The summed E-state index contributed by atoms with van der Waals surface area (Å²) in [6, 6.07) is 8.24. The van der Waals surface area contributed by atoms with Gasteiger partial charge in [0.25, 0.3) is 0 Å². The molecular formula is C13H22OS. The summed E-state index contributed by atoms with van der Waals surface area (Å²) in [4.78, 5) is 0. The van der Waals surface area contributed by atoms with Crippen molar-refractivity contribution in [1.29, 1.82) is 0 Å². The number of thiol groups is 1. The Kier molecular flexibility index (Phi) is 8.30. The van der Waals surface area contributed by atoms with Gasteiger partial charge in [-0.05, 0) is 23.6 Å². The molecule has 0 aliphatic heterocycles. The zero-order valence-corrected chi connectivity index (χ0v) is 11.1. The van der Waals surface area contributed by atoms with Crippen molar-refractivity contribution in [3.8, 4) is 5.75 Å². The van der Waals surface area contributed by atoms with Crippen LogP contribution in [0.2, 0.25) is 0 Å². The number of hydrogen-bond donors (Lipinski definition) is 1. The molecular weight excluding hydrogens is 204 g/mol. The lowest BCUT2D eigenvalue weighted by Crippen LogP contribution is -1.98. The summed E-state index contributed by atoms with van der Waals surface area (Å²) in [6.07, 6.45) is 0. The van der Waals surface area contributed by atoms with E-state index < -0.39 is 0 Å². The van der Waals surface area contributed by atoms with Crippen LogP contribution in [0.25, 0.3) is 0 Å². The summed E-state index contributed by atoms with van der Waals surface area (Å²) in [7, 11) is 0. The van der Waals surface area contributed by atoms with Gasteiger partial charge in [0.05, 0.1) is 6.61 Å². The second kappa shape index (κ2) is 8.66. The Morgan fingerprint density at radius 1 is 1.13 bits per heavy atom. The van der Waals surface area contributed by atoms with Gasteiger partial charge >= 0.3 is 0 Å². The smallest absolute Gasteiger partial charge is 0.119 e. The molecule has 0 saturated heterocycles. The van der Waals surface area contributed by atoms with Gasteiger partial charge < -0.3 is 4.74 Å². The monoisotopic (exact) mass is 226 g/mol. The van der Waals surface area contributed by atoms with E-state index >= 15 is 0 Å². The van der Waals surface area contributed by atoms with E-state index in [1.54, 1.807) is 0 Å². The minimum atomic E-state index is 0.582. The lowest BCUT2D eigenvalue weighted by molar-refractivity contribution is 0.344. The number of hydrogen-bond acceptors (Lipinski definition) is 2. The van der Waals surface area contributed by atoms with Crippen LogP contribution in [0.5, 0.6) is 5.75 Å². The second-order valence-corrected chi connectivity index (χ2v) is 3.74. The van der Waals surface area contributed by atoms with Gasteiger partial charge in [0.15, 0.2) is 0 Å². The van der Waals surface area contributed by atoms with Crippen LogP contribution >= 0.6 is 12.6 Å². The van der Waals surface area contributed by atoms with E-state index in [4.69, 9.17) is 4.74 Å². The second-order valence-electron chi connectivity index (χ2n) is 3.30. The van der Waals surface area contributed by atoms with E-state index in [9.17, 15) is 0 Å². The molecule has 0 aromatic heterocycles. The van der Waals surface area contributed by atoms with Crippen molar-refractivity contribution in [2.75, 3.05) is 12.4 Å².